The Bertz CT molecular complexity index is 1340. The van der Waals surface area contributed by atoms with Crippen LogP contribution in [0, 0.1) is 0 Å². The Labute approximate surface area is 208 Å². The normalized spacial score (nSPS) is 18.0. The molecule has 10 heteroatoms. The summed E-state index contributed by atoms with van der Waals surface area (Å²) in [6, 6.07) is 14.9. The first-order chi connectivity index (χ1) is 16.1. The molecule has 2 N–H and O–H groups in total. The SMILES string of the molecule is CC1(C(=O)N(CCCS(N)(=O)=O)Cc2cccc(Cl)c2)CCN1C(=O)c1csc2ccccc12. The van der Waals surface area contributed by atoms with Gasteiger partial charge in [0.1, 0.15) is 5.54 Å². The monoisotopic (exact) mass is 519 g/mol. The largest absolute Gasteiger partial charge is 0.336 e. The van der Waals surface area contributed by atoms with E-state index in [0.717, 1.165) is 15.6 Å². The van der Waals surface area contributed by atoms with Crippen molar-refractivity contribution >= 4 is 54.9 Å². The van der Waals surface area contributed by atoms with E-state index in [1.807, 2.05) is 35.7 Å². The van der Waals surface area contributed by atoms with Crippen LogP contribution < -0.4 is 5.14 Å². The van der Waals surface area contributed by atoms with Crippen LogP contribution in [0.4, 0.5) is 0 Å². The molecule has 0 spiro atoms. The highest BCUT2D eigenvalue weighted by molar-refractivity contribution is 7.89. The summed E-state index contributed by atoms with van der Waals surface area (Å²) in [5.74, 6) is -0.625. The van der Waals surface area contributed by atoms with Crippen molar-refractivity contribution in [2.45, 2.75) is 31.8 Å². The van der Waals surface area contributed by atoms with E-state index in [4.69, 9.17) is 16.7 Å². The zero-order valence-corrected chi connectivity index (χ0v) is 21.1. The molecule has 3 aromatic rings. The minimum Gasteiger partial charge on any atom is -0.336 e. The average molecular weight is 520 g/mol. The number of likely N-dealkylation sites (tertiary alicyclic amines) is 1. The van der Waals surface area contributed by atoms with E-state index in [9.17, 15) is 18.0 Å². The molecule has 2 heterocycles. The number of carbonyl (C=O) groups is 2. The number of sulfonamides is 1. The Morgan fingerprint density at radius 2 is 1.97 bits per heavy atom. The summed E-state index contributed by atoms with van der Waals surface area (Å²) in [6.07, 6.45) is 0.727. The van der Waals surface area contributed by atoms with Crippen LogP contribution in [0.3, 0.4) is 0 Å². The number of carbonyl (C=O) groups excluding carboxylic acids is 2. The number of nitrogens with zero attached hydrogens (tertiary/aromatic N) is 2. The summed E-state index contributed by atoms with van der Waals surface area (Å²) in [4.78, 5) is 30.4. The summed E-state index contributed by atoms with van der Waals surface area (Å²) in [5, 5.41) is 8.42. The van der Waals surface area contributed by atoms with Crippen molar-refractivity contribution in [1.82, 2.24) is 9.80 Å². The molecule has 7 nitrogen and oxygen atoms in total. The number of nitrogens with two attached hydrogens (primary N) is 1. The highest BCUT2D eigenvalue weighted by atomic mass is 35.5. The number of benzene rings is 2. The van der Waals surface area contributed by atoms with Crippen LogP contribution >= 0.6 is 22.9 Å². The minimum atomic E-state index is -3.65. The molecule has 0 radical (unpaired) electrons. The van der Waals surface area contributed by atoms with Gasteiger partial charge in [0, 0.05) is 40.1 Å². The molecule has 0 saturated carbocycles. The highest BCUT2D eigenvalue weighted by Crippen LogP contribution is 2.36. The summed E-state index contributed by atoms with van der Waals surface area (Å²) in [6.45, 7) is 2.70. The molecule has 1 unspecified atom stereocenters. The van der Waals surface area contributed by atoms with Crippen molar-refractivity contribution in [1.29, 1.82) is 0 Å². The summed E-state index contributed by atoms with van der Waals surface area (Å²) in [7, 11) is -3.65. The molecule has 1 aliphatic heterocycles. The van der Waals surface area contributed by atoms with E-state index >= 15 is 0 Å². The van der Waals surface area contributed by atoms with Gasteiger partial charge in [-0.15, -0.1) is 11.3 Å². The Kier molecular flexibility index (Phi) is 7.00. The third kappa shape index (κ3) is 5.12. The molecule has 1 saturated heterocycles. The predicted octanol–water partition coefficient (Wildman–Crippen LogP) is 3.87. The Morgan fingerprint density at radius 3 is 2.65 bits per heavy atom. The quantitative estimate of drug-likeness (QED) is 0.488. The Hall–Kier alpha value is -2.46. The first kappa shape index (κ1) is 24.7. The molecule has 2 amide bonds. The van der Waals surface area contributed by atoms with Gasteiger partial charge in [0.25, 0.3) is 5.91 Å². The molecule has 1 fully saturated rings. The summed E-state index contributed by atoms with van der Waals surface area (Å²) >= 11 is 7.62. The van der Waals surface area contributed by atoms with Gasteiger partial charge in [0.05, 0.1) is 11.3 Å². The lowest BCUT2D eigenvalue weighted by Gasteiger charge is -2.51. The van der Waals surface area contributed by atoms with E-state index in [-0.39, 0.29) is 37.1 Å². The van der Waals surface area contributed by atoms with Crippen molar-refractivity contribution < 1.29 is 18.0 Å². The second-order valence-corrected chi connectivity index (χ2v) is 11.8. The molecule has 0 bridgehead atoms. The van der Waals surface area contributed by atoms with Gasteiger partial charge in [-0.1, -0.05) is 41.9 Å². The number of thiophene rings is 1. The molecular weight excluding hydrogens is 494 g/mol. The number of hydrogen-bond acceptors (Lipinski definition) is 5. The first-order valence-electron chi connectivity index (χ1n) is 10.9. The smallest absolute Gasteiger partial charge is 0.256 e. The fourth-order valence-electron chi connectivity index (χ4n) is 4.30. The summed E-state index contributed by atoms with van der Waals surface area (Å²) in [5.41, 5.74) is 0.399. The van der Waals surface area contributed by atoms with Crippen LogP contribution in [0.25, 0.3) is 10.1 Å². The second kappa shape index (κ2) is 9.65. The van der Waals surface area contributed by atoms with E-state index in [0.29, 0.717) is 23.6 Å². The lowest BCUT2D eigenvalue weighted by atomic mass is 9.84. The van der Waals surface area contributed by atoms with Gasteiger partial charge >= 0.3 is 0 Å². The van der Waals surface area contributed by atoms with Crippen LogP contribution in [-0.4, -0.2) is 54.4 Å². The maximum Gasteiger partial charge on any atom is 0.256 e. The van der Waals surface area contributed by atoms with E-state index in [1.54, 1.807) is 34.9 Å². The zero-order valence-electron chi connectivity index (χ0n) is 18.7. The number of halogens is 1. The predicted molar refractivity (Wildman–Crippen MR) is 135 cm³/mol. The average Bonchev–Trinajstić information content (AvgIpc) is 3.20. The van der Waals surface area contributed by atoms with Gasteiger partial charge in [0.2, 0.25) is 15.9 Å². The fraction of sp³-hybridized carbons (Fsp3) is 0.333. The van der Waals surface area contributed by atoms with Crippen LogP contribution in [0.2, 0.25) is 5.02 Å². The van der Waals surface area contributed by atoms with Crippen LogP contribution in [0.15, 0.2) is 53.9 Å². The minimum absolute atomic E-state index is 0.174. The highest BCUT2D eigenvalue weighted by Gasteiger charge is 2.51. The van der Waals surface area contributed by atoms with Gasteiger partial charge in [-0.3, -0.25) is 9.59 Å². The van der Waals surface area contributed by atoms with E-state index in [2.05, 4.69) is 0 Å². The number of rotatable bonds is 8. The zero-order chi connectivity index (χ0) is 24.5. The van der Waals surface area contributed by atoms with E-state index in [1.165, 1.54) is 11.3 Å². The van der Waals surface area contributed by atoms with Crippen LogP contribution in [0.1, 0.15) is 35.7 Å². The van der Waals surface area contributed by atoms with Crippen molar-refractivity contribution in [3.05, 3.63) is 70.1 Å². The van der Waals surface area contributed by atoms with Gasteiger partial charge in [-0.25, -0.2) is 13.6 Å². The van der Waals surface area contributed by atoms with Gasteiger partial charge < -0.3 is 9.80 Å². The molecule has 0 aliphatic carbocycles. The third-order valence-electron chi connectivity index (χ3n) is 6.24. The van der Waals surface area contributed by atoms with E-state index < -0.39 is 15.6 Å². The molecule has 34 heavy (non-hydrogen) atoms. The van der Waals surface area contributed by atoms with Crippen LogP contribution in [-0.2, 0) is 21.4 Å². The van der Waals surface area contributed by atoms with Crippen LogP contribution in [0.5, 0.6) is 0 Å². The van der Waals surface area contributed by atoms with Gasteiger partial charge in [-0.2, -0.15) is 0 Å². The molecule has 1 aliphatic rings. The second-order valence-electron chi connectivity index (χ2n) is 8.70. The number of hydrogen-bond donors (Lipinski definition) is 1. The molecular formula is C24H26ClN3O4S2. The molecule has 180 valence electrons. The topological polar surface area (TPSA) is 101 Å². The van der Waals surface area contributed by atoms with Crippen molar-refractivity contribution in [3.63, 3.8) is 0 Å². The molecule has 1 aromatic heterocycles. The molecule has 4 rings (SSSR count). The first-order valence-corrected chi connectivity index (χ1v) is 13.9. The van der Waals surface area contributed by atoms with Crippen molar-refractivity contribution in [3.8, 4) is 0 Å². The number of fused-ring (bicyclic) bond motifs is 1. The Balaban J connectivity index is 1.57. The van der Waals surface area contributed by atoms with Gasteiger partial charge in [0.15, 0.2) is 0 Å². The van der Waals surface area contributed by atoms with Crippen molar-refractivity contribution in [2.75, 3.05) is 18.8 Å². The lowest BCUT2D eigenvalue weighted by molar-refractivity contribution is -0.149. The van der Waals surface area contributed by atoms with Gasteiger partial charge in [-0.05, 0) is 43.5 Å². The number of primary sulfonamides is 1. The summed E-state index contributed by atoms with van der Waals surface area (Å²) < 4.78 is 23.9. The molecule has 1 atom stereocenters. The fourth-order valence-corrected chi connectivity index (χ4v) is 5.98. The molecule has 2 aromatic carbocycles. The standard InChI is InChI=1S/C24H26ClN3O4S2/c1-24(10-12-28(24)22(29)20-16-33-21-9-3-2-8-19(20)21)23(30)27(11-5-13-34(26,31)32)15-17-6-4-7-18(25)14-17/h2-4,6-9,14,16H,5,10-13,15H2,1H3,(H2,26,31,32). The number of amides is 2. The maximum atomic E-state index is 13.8. The lowest BCUT2D eigenvalue weighted by Crippen LogP contribution is -2.67. The van der Waals surface area contributed by atoms with Crippen molar-refractivity contribution in [2.24, 2.45) is 5.14 Å². The third-order valence-corrected chi connectivity index (χ3v) is 8.30. The Morgan fingerprint density at radius 1 is 1.21 bits per heavy atom. The maximum absolute atomic E-state index is 13.8.